The molecule has 0 aromatic heterocycles. The topological polar surface area (TPSA) is 23.5 Å². The molecule has 0 aromatic rings. The molecule has 1 saturated heterocycles. The molecule has 1 aliphatic heterocycles. The molecule has 0 spiro atoms. The van der Waals surface area contributed by atoms with E-state index in [9.17, 15) is 5.11 Å². The molecule has 0 amide bonds. The highest BCUT2D eigenvalue weighted by Crippen LogP contribution is 2.29. The molecule has 1 atom stereocenters. The third-order valence-electron chi connectivity index (χ3n) is 2.60. The highest BCUT2D eigenvalue weighted by atomic mass is 35.5. The smallest absolute Gasteiger partial charge is 0.0730 e. The molecule has 1 heterocycles. The van der Waals surface area contributed by atoms with Crippen molar-refractivity contribution in [1.29, 1.82) is 0 Å². The Kier molecular flexibility index (Phi) is 3.38. The van der Waals surface area contributed by atoms with E-state index in [-0.39, 0.29) is 11.5 Å². The molecule has 1 unspecified atom stereocenters. The van der Waals surface area contributed by atoms with Crippen LogP contribution >= 0.6 is 11.6 Å². The highest BCUT2D eigenvalue weighted by molar-refractivity contribution is 6.19. The first kappa shape index (κ1) is 11.0. The molecule has 1 fully saturated rings. The second-order valence-electron chi connectivity index (χ2n) is 4.56. The lowest BCUT2D eigenvalue weighted by atomic mass is 9.90. The normalized spacial score (nSPS) is 27.8. The molecule has 76 valence electrons. The molecule has 0 saturated carbocycles. The Bertz CT molecular complexity index is 203. The standard InChI is InChI=1S/C10H18ClNO/c1-8(4-11)5-12-6-9(13)10(2,3)7-12/h9,13H,1,4-7H2,2-3H3. The Morgan fingerprint density at radius 2 is 2.31 bits per heavy atom. The van der Waals surface area contributed by atoms with Crippen LogP contribution in [0.2, 0.25) is 0 Å². The Balaban J connectivity index is 2.45. The summed E-state index contributed by atoms with van der Waals surface area (Å²) in [6, 6.07) is 0. The quantitative estimate of drug-likeness (QED) is 0.555. The fourth-order valence-electron chi connectivity index (χ4n) is 1.72. The van der Waals surface area contributed by atoms with Crippen molar-refractivity contribution in [3.05, 3.63) is 12.2 Å². The molecule has 0 aliphatic carbocycles. The zero-order chi connectivity index (χ0) is 10.1. The number of alkyl halides is 1. The number of aliphatic hydroxyl groups is 1. The van der Waals surface area contributed by atoms with Gasteiger partial charge >= 0.3 is 0 Å². The first-order valence-electron chi connectivity index (χ1n) is 4.59. The Morgan fingerprint density at radius 1 is 1.69 bits per heavy atom. The maximum Gasteiger partial charge on any atom is 0.0730 e. The number of likely N-dealkylation sites (tertiary alicyclic amines) is 1. The second-order valence-corrected chi connectivity index (χ2v) is 4.82. The molecule has 1 aliphatic rings. The molecular formula is C10H18ClNO. The maximum absolute atomic E-state index is 9.71. The van der Waals surface area contributed by atoms with Crippen LogP contribution in [-0.4, -0.2) is 41.6 Å². The van der Waals surface area contributed by atoms with Gasteiger partial charge in [-0.2, -0.15) is 0 Å². The lowest BCUT2D eigenvalue weighted by Crippen LogP contribution is -2.26. The van der Waals surface area contributed by atoms with Gasteiger partial charge in [0.15, 0.2) is 0 Å². The number of hydrogen-bond acceptors (Lipinski definition) is 2. The van der Waals surface area contributed by atoms with E-state index in [0.717, 1.165) is 25.2 Å². The van der Waals surface area contributed by atoms with E-state index in [2.05, 4.69) is 25.3 Å². The summed E-state index contributed by atoms with van der Waals surface area (Å²) in [4.78, 5) is 2.20. The van der Waals surface area contributed by atoms with Crippen LogP contribution in [-0.2, 0) is 0 Å². The van der Waals surface area contributed by atoms with Gasteiger partial charge in [0.05, 0.1) is 6.10 Å². The zero-order valence-electron chi connectivity index (χ0n) is 8.39. The van der Waals surface area contributed by atoms with E-state index in [1.165, 1.54) is 0 Å². The van der Waals surface area contributed by atoms with Gasteiger partial charge in [-0.25, -0.2) is 0 Å². The van der Waals surface area contributed by atoms with E-state index in [0.29, 0.717) is 5.88 Å². The fraction of sp³-hybridized carbons (Fsp3) is 0.800. The maximum atomic E-state index is 9.71. The van der Waals surface area contributed by atoms with E-state index in [1.54, 1.807) is 0 Å². The first-order chi connectivity index (χ1) is 5.95. The Labute approximate surface area is 85.2 Å². The van der Waals surface area contributed by atoms with E-state index in [4.69, 9.17) is 11.6 Å². The van der Waals surface area contributed by atoms with Gasteiger partial charge in [-0.3, -0.25) is 4.90 Å². The summed E-state index contributed by atoms with van der Waals surface area (Å²) in [6.45, 7) is 10.5. The molecule has 0 aromatic carbocycles. The molecule has 0 bridgehead atoms. The summed E-state index contributed by atoms with van der Waals surface area (Å²) in [5.41, 5.74) is 1.03. The van der Waals surface area contributed by atoms with Gasteiger partial charge in [-0.1, -0.05) is 20.4 Å². The monoisotopic (exact) mass is 203 g/mol. The van der Waals surface area contributed by atoms with Gasteiger partial charge in [-0.05, 0) is 5.57 Å². The zero-order valence-corrected chi connectivity index (χ0v) is 9.14. The summed E-state index contributed by atoms with van der Waals surface area (Å²) in [5.74, 6) is 0.507. The summed E-state index contributed by atoms with van der Waals surface area (Å²) in [5, 5.41) is 9.71. The van der Waals surface area contributed by atoms with E-state index < -0.39 is 0 Å². The summed E-state index contributed by atoms with van der Waals surface area (Å²) in [6.07, 6.45) is -0.226. The van der Waals surface area contributed by atoms with Crippen molar-refractivity contribution in [2.24, 2.45) is 5.41 Å². The predicted octanol–water partition coefficient (Wildman–Crippen LogP) is 1.48. The van der Waals surface area contributed by atoms with Gasteiger partial charge in [0, 0.05) is 30.9 Å². The highest BCUT2D eigenvalue weighted by Gasteiger charge is 2.37. The van der Waals surface area contributed by atoms with Crippen molar-refractivity contribution in [2.45, 2.75) is 20.0 Å². The van der Waals surface area contributed by atoms with Gasteiger partial charge in [-0.15, -0.1) is 11.6 Å². The number of rotatable bonds is 3. The second kappa shape index (κ2) is 3.99. The number of halogens is 1. The van der Waals surface area contributed by atoms with Crippen molar-refractivity contribution >= 4 is 11.6 Å². The minimum absolute atomic E-state index is 0.00654. The summed E-state index contributed by atoms with van der Waals surface area (Å²) >= 11 is 5.65. The van der Waals surface area contributed by atoms with E-state index in [1.807, 2.05) is 0 Å². The van der Waals surface area contributed by atoms with Crippen molar-refractivity contribution in [3.8, 4) is 0 Å². The van der Waals surface area contributed by atoms with Crippen LogP contribution in [0.4, 0.5) is 0 Å². The van der Waals surface area contributed by atoms with Crippen molar-refractivity contribution in [3.63, 3.8) is 0 Å². The number of β-amino-alcohol motifs (C(OH)–C–C–N with tert-alkyl or cyclic N) is 1. The largest absolute Gasteiger partial charge is 0.391 e. The average molecular weight is 204 g/mol. The van der Waals surface area contributed by atoms with Crippen LogP contribution in [0.3, 0.4) is 0 Å². The molecular weight excluding hydrogens is 186 g/mol. The molecule has 1 rings (SSSR count). The number of hydrogen-bond donors (Lipinski definition) is 1. The third-order valence-corrected chi connectivity index (χ3v) is 2.98. The molecule has 0 radical (unpaired) electrons. The SMILES string of the molecule is C=C(CCl)CN1CC(O)C(C)(C)C1. The van der Waals surface area contributed by atoms with Gasteiger partial charge < -0.3 is 5.11 Å². The Morgan fingerprint density at radius 3 is 2.69 bits per heavy atom. The van der Waals surface area contributed by atoms with Crippen LogP contribution in [0.25, 0.3) is 0 Å². The fourth-order valence-corrected chi connectivity index (χ4v) is 1.80. The van der Waals surface area contributed by atoms with Crippen LogP contribution < -0.4 is 0 Å². The average Bonchev–Trinajstić information content (AvgIpc) is 2.25. The summed E-state index contributed by atoms with van der Waals surface area (Å²) < 4.78 is 0. The molecule has 1 N–H and O–H groups in total. The van der Waals surface area contributed by atoms with E-state index >= 15 is 0 Å². The predicted molar refractivity (Wildman–Crippen MR) is 56.1 cm³/mol. The number of aliphatic hydroxyl groups excluding tert-OH is 1. The van der Waals surface area contributed by atoms with Gasteiger partial charge in [0.2, 0.25) is 0 Å². The molecule has 2 nitrogen and oxygen atoms in total. The van der Waals surface area contributed by atoms with Gasteiger partial charge in [0.25, 0.3) is 0 Å². The van der Waals surface area contributed by atoms with Crippen molar-refractivity contribution in [1.82, 2.24) is 4.90 Å². The summed E-state index contributed by atoms with van der Waals surface area (Å²) in [7, 11) is 0. The van der Waals surface area contributed by atoms with Crippen LogP contribution in [0.1, 0.15) is 13.8 Å². The molecule has 13 heavy (non-hydrogen) atoms. The van der Waals surface area contributed by atoms with Crippen LogP contribution in [0.15, 0.2) is 12.2 Å². The van der Waals surface area contributed by atoms with Crippen LogP contribution in [0, 0.1) is 5.41 Å². The lowest BCUT2D eigenvalue weighted by molar-refractivity contribution is 0.0956. The third kappa shape index (κ3) is 2.70. The Hall–Kier alpha value is -0.0500. The number of nitrogens with zero attached hydrogens (tertiary/aromatic N) is 1. The first-order valence-corrected chi connectivity index (χ1v) is 5.12. The lowest BCUT2D eigenvalue weighted by Gasteiger charge is -2.21. The van der Waals surface area contributed by atoms with Crippen molar-refractivity contribution < 1.29 is 5.11 Å². The van der Waals surface area contributed by atoms with Crippen molar-refractivity contribution in [2.75, 3.05) is 25.5 Å². The minimum Gasteiger partial charge on any atom is -0.391 e. The van der Waals surface area contributed by atoms with Gasteiger partial charge in [0.1, 0.15) is 0 Å². The minimum atomic E-state index is -0.226. The van der Waals surface area contributed by atoms with Crippen LogP contribution in [0.5, 0.6) is 0 Å². The molecule has 3 heteroatoms.